The number of likely N-dealkylation sites (tertiary alicyclic amines) is 1. The molecule has 0 aromatic heterocycles. The number of benzene rings is 1. The van der Waals surface area contributed by atoms with Gasteiger partial charge in [-0.3, -0.25) is 4.90 Å². The van der Waals surface area contributed by atoms with E-state index in [1.54, 1.807) is 7.11 Å². The Morgan fingerprint density at radius 3 is 2.89 bits per heavy atom. The Labute approximate surface area is 116 Å². The molecule has 1 saturated heterocycles. The Bertz CT molecular complexity index is 394. The number of methoxy groups -OCH3 is 1. The molecule has 2 N–H and O–H groups in total. The lowest BCUT2D eigenvalue weighted by Crippen LogP contribution is -2.38. The molecule has 3 nitrogen and oxygen atoms in total. The van der Waals surface area contributed by atoms with E-state index < -0.39 is 0 Å². The Morgan fingerprint density at radius 2 is 2.11 bits per heavy atom. The highest BCUT2D eigenvalue weighted by molar-refractivity contribution is 5.35. The summed E-state index contributed by atoms with van der Waals surface area (Å²) in [7, 11) is 1.71. The molecular formula is C16H26N2O. The first-order valence-corrected chi connectivity index (χ1v) is 7.35. The first-order chi connectivity index (χ1) is 9.22. The first-order valence-electron chi connectivity index (χ1n) is 7.35. The van der Waals surface area contributed by atoms with E-state index in [0.29, 0.717) is 6.04 Å². The summed E-state index contributed by atoms with van der Waals surface area (Å²) in [5.74, 6) is 0.900. The molecule has 0 bridgehead atoms. The van der Waals surface area contributed by atoms with Gasteiger partial charge in [-0.1, -0.05) is 31.0 Å². The number of nitrogens with zero attached hydrogens (tertiary/aromatic N) is 1. The van der Waals surface area contributed by atoms with Crippen LogP contribution in [0.3, 0.4) is 0 Å². The van der Waals surface area contributed by atoms with Crippen LogP contribution in [0.1, 0.15) is 44.2 Å². The van der Waals surface area contributed by atoms with Gasteiger partial charge in [0.15, 0.2) is 0 Å². The van der Waals surface area contributed by atoms with Crippen molar-refractivity contribution in [2.75, 3.05) is 20.2 Å². The largest absolute Gasteiger partial charge is 0.496 e. The van der Waals surface area contributed by atoms with Gasteiger partial charge in [-0.25, -0.2) is 0 Å². The molecule has 0 radical (unpaired) electrons. The van der Waals surface area contributed by atoms with E-state index in [4.69, 9.17) is 10.5 Å². The molecule has 1 heterocycles. The average Bonchev–Trinajstić information content (AvgIpc) is 2.64. The number of rotatable bonds is 4. The average molecular weight is 262 g/mol. The Morgan fingerprint density at radius 1 is 1.32 bits per heavy atom. The molecule has 0 aliphatic carbocycles. The van der Waals surface area contributed by atoms with Gasteiger partial charge >= 0.3 is 0 Å². The van der Waals surface area contributed by atoms with Crippen LogP contribution < -0.4 is 10.5 Å². The van der Waals surface area contributed by atoms with Crippen molar-refractivity contribution in [1.82, 2.24) is 4.90 Å². The van der Waals surface area contributed by atoms with Crippen LogP contribution in [0.2, 0.25) is 0 Å². The van der Waals surface area contributed by atoms with Crippen molar-refractivity contribution in [1.29, 1.82) is 0 Å². The lowest BCUT2D eigenvalue weighted by molar-refractivity contribution is 0.200. The quantitative estimate of drug-likeness (QED) is 0.906. The summed E-state index contributed by atoms with van der Waals surface area (Å²) in [6, 6.07) is 8.75. The number of hydrogen-bond donors (Lipinski definition) is 1. The molecule has 0 spiro atoms. The van der Waals surface area contributed by atoms with E-state index in [-0.39, 0.29) is 6.04 Å². The predicted molar refractivity (Wildman–Crippen MR) is 79.4 cm³/mol. The second-order valence-corrected chi connectivity index (χ2v) is 5.54. The standard InChI is InChI=1S/C16H26N2O/c1-13-8-4-3-7-11-18(13)12-15(17)14-9-5-6-10-16(14)19-2/h5-6,9-10,13,15H,3-4,7-8,11-12,17H2,1-2H3. The third kappa shape index (κ3) is 3.71. The van der Waals surface area contributed by atoms with E-state index in [0.717, 1.165) is 17.9 Å². The van der Waals surface area contributed by atoms with E-state index in [9.17, 15) is 0 Å². The van der Waals surface area contributed by atoms with Gasteiger partial charge in [-0.2, -0.15) is 0 Å². The number of hydrogen-bond acceptors (Lipinski definition) is 3. The van der Waals surface area contributed by atoms with E-state index in [1.807, 2.05) is 18.2 Å². The molecule has 1 aliphatic rings. The van der Waals surface area contributed by atoms with Gasteiger partial charge < -0.3 is 10.5 Å². The highest BCUT2D eigenvalue weighted by Gasteiger charge is 2.21. The van der Waals surface area contributed by atoms with Gasteiger partial charge in [0.1, 0.15) is 5.75 Å². The Kier molecular flexibility index (Phi) is 5.23. The van der Waals surface area contributed by atoms with Gasteiger partial charge in [-0.05, 0) is 32.4 Å². The third-order valence-electron chi connectivity index (χ3n) is 4.16. The SMILES string of the molecule is COc1ccccc1C(N)CN1CCCCCC1C. The maximum Gasteiger partial charge on any atom is 0.123 e. The molecule has 19 heavy (non-hydrogen) atoms. The van der Waals surface area contributed by atoms with Crippen LogP contribution in [-0.4, -0.2) is 31.1 Å². The minimum absolute atomic E-state index is 0.0247. The maximum atomic E-state index is 6.39. The lowest BCUT2D eigenvalue weighted by atomic mass is 10.0. The Balaban J connectivity index is 2.04. The molecule has 2 unspecified atom stereocenters. The molecule has 1 aromatic rings. The van der Waals surface area contributed by atoms with Crippen LogP contribution in [0.25, 0.3) is 0 Å². The van der Waals surface area contributed by atoms with Crippen LogP contribution in [0.4, 0.5) is 0 Å². The van der Waals surface area contributed by atoms with Crippen LogP contribution in [0.15, 0.2) is 24.3 Å². The summed E-state index contributed by atoms with van der Waals surface area (Å²) in [5, 5.41) is 0. The summed E-state index contributed by atoms with van der Waals surface area (Å²) >= 11 is 0. The molecule has 0 saturated carbocycles. The number of nitrogens with two attached hydrogens (primary N) is 1. The van der Waals surface area contributed by atoms with Gasteiger partial charge in [-0.15, -0.1) is 0 Å². The van der Waals surface area contributed by atoms with Gasteiger partial charge in [0.05, 0.1) is 7.11 Å². The highest BCUT2D eigenvalue weighted by atomic mass is 16.5. The fraction of sp³-hybridized carbons (Fsp3) is 0.625. The normalized spacial score (nSPS) is 22.8. The summed E-state index contributed by atoms with van der Waals surface area (Å²) in [4.78, 5) is 2.53. The molecule has 1 fully saturated rings. The van der Waals surface area contributed by atoms with Crippen molar-refractivity contribution in [2.45, 2.75) is 44.7 Å². The first kappa shape index (κ1) is 14.4. The molecule has 2 rings (SSSR count). The van der Waals surface area contributed by atoms with Crippen LogP contribution >= 0.6 is 0 Å². The van der Waals surface area contributed by atoms with Gasteiger partial charge in [0, 0.05) is 24.2 Å². The van der Waals surface area contributed by atoms with Gasteiger partial charge in [0.2, 0.25) is 0 Å². The highest BCUT2D eigenvalue weighted by Crippen LogP contribution is 2.25. The second-order valence-electron chi connectivity index (χ2n) is 5.54. The summed E-state index contributed by atoms with van der Waals surface area (Å²) in [6.45, 7) is 4.41. The fourth-order valence-electron chi connectivity index (χ4n) is 2.93. The summed E-state index contributed by atoms with van der Waals surface area (Å²) < 4.78 is 5.41. The van der Waals surface area contributed by atoms with E-state index in [1.165, 1.54) is 32.2 Å². The number of ether oxygens (including phenoxy) is 1. The minimum atomic E-state index is 0.0247. The Hall–Kier alpha value is -1.06. The molecule has 106 valence electrons. The van der Waals surface area contributed by atoms with Crippen molar-refractivity contribution < 1.29 is 4.74 Å². The van der Waals surface area contributed by atoms with E-state index >= 15 is 0 Å². The zero-order valence-electron chi connectivity index (χ0n) is 12.1. The molecule has 0 amide bonds. The minimum Gasteiger partial charge on any atom is -0.496 e. The maximum absolute atomic E-state index is 6.39. The fourth-order valence-corrected chi connectivity index (χ4v) is 2.93. The van der Waals surface area contributed by atoms with Crippen molar-refractivity contribution >= 4 is 0 Å². The predicted octanol–water partition coefficient (Wildman–Crippen LogP) is 2.96. The number of para-hydroxylation sites is 1. The zero-order chi connectivity index (χ0) is 13.7. The molecule has 3 heteroatoms. The summed E-state index contributed by atoms with van der Waals surface area (Å²) in [6.07, 6.45) is 5.29. The third-order valence-corrected chi connectivity index (χ3v) is 4.16. The van der Waals surface area contributed by atoms with Crippen molar-refractivity contribution in [3.63, 3.8) is 0 Å². The van der Waals surface area contributed by atoms with Crippen molar-refractivity contribution in [2.24, 2.45) is 5.73 Å². The summed E-state index contributed by atoms with van der Waals surface area (Å²) in [5.41, 5.74) is 7.51. The lowest BCUT2D eigenvalue weighted by Gasteiger charge is -2.30. The molecule has 1 aliphatic heterocycles. The molecule has 2 atom stereocenters. The van der Waals surface area contributed by atoms with Gasteiger partial charge in [0.25, 0.3) is 0 Å². The smallest absolute Gasteiger partial charge is 0.123 e. The monoisotopic (exact) mass is 262 g/mol. The second kappa shape index (κ2) is 6.92. The van der Waals surface area contributed by atoms with Crippen LogP contribution in [0.5, 0.6) is 5.75 Å². The zero-order valence-corrected chi connectivity index (χ0v) is 12.1. The van der Waals surface area contributed by atoms with Crippen molar-refractivity contribution in [3.8, 4) is 5.75 Å². The molecular weight excluding hydrogens is 236 g/mol. The van der Waals surface area contributed by atoms with Crippen LogP contribution in [0, 0.1) is 0 Å². The van der Waals surface area contributed by atoms with Crippen molar-refractivity contribution in [3.05, 3.63) is 29.8 Å². The van der Waals surface area contributed by atoms with Crippen LogP contribution in [-0.2, 0) is 0 Å². The molecule has 1 aromatic carbocycles. The van der Waals surface area contributed by atoms with E-state index in [2.05, 4.69) is 17.9 Å². The topological polar surface area (TPSA) is 38.5 Å².